The normalized spacial score (nSPS) is 22.1. The minimum absolute atomic E-state index is 0.222. The van der Waals surface area contributed by atoms with E-state index in [1.807, 2.05) is 6.20 Å². The van der Waals surface area contributed by atoms with Crippen LogP contribution >= 0.6 is 0 Å². The summed E-state index contributed by atoms with van der Waals surface area (Å²) < 4.78 is 18.8. The lowest BCUT2D eigenvalue weighted by atomic mass is 9.97. The maximum Gasteiger partial charge on any atom is 0.123 e. The van der Waals surface area contributed by atoms with E-state index in [-0.39, 0.29) is 5.82 Å². The Labute approximate surface area is 153 Å². The third-order valence-electron chi connectivity index (χ3n) is 5.64. The molecule has 2 saturated heterocycles. The fraction of sp³-hybridized carbons (Fsp3) is 0.550. The van der Waals surface area contributed by atoms with E-state index in [1.165, 1.54) is 38.1 Å². The number of likely N-dealkylation sites (tertiary alicyclic amines) is 1. The first-order valence-electron chi connectivity index (χ1n) is 9.62. The van der Waals surface area contributed by atoms with E-state index in [4.69, 9.17) is 4.74 Å². The summed E-state index contributed by atoms with van der Waals surface area (Å²) in [4.78, 5) is 2.63. The molecule has 0 radical (unpaired) electrons. The summed E-state index contributed by atoms with van der Waals surface area (Å²) in [7, 11) is 0. The SMILES string of the molecule is Fc1ccc(-c2[nH]ncc2CNC[C@H]([C@H]2CCOC2)N2CCCC2)cc1. The van der Waals surface area contributed by atoms with Gasteiger partial charge in [-0.05, 0) is 56.6 Å². The number of aromatic nitrogens is 2. The van der Waals surface area contributed by atoms with Crippen LogP contribution in [-0.4, -0.2) is 54.0 Å². The average Bonchev–Trinajstić information content (AvgIpc) is 3.41. The molecule has 0 saturated carbocycles. The smallest absolute Gasteiger partial charge is 0.123 e. The van der Waals surface area contributed by atoms with Crippen LogP contribution < -0.4 is 5.32 Å². The predicted octanol–water partition coefficient (Wildman–Crippen LogP) is 2.81. The van der Waals surface area contributed by atoms with Crippen LogP contribution in [0, 0.1) is 11.7 Å². The fourth-order valence-corrected chi connectivity index (χ4v) is 4.19. The van der Waals surface area contributed by atoms with Crippen molar-refractivity contribution < 1.29 is 9.13 Å². The molecule has 4 rings (SSSR count). The molecule has 0 unspecified atom stereocenters. The van der Waals surface area contributed by atoms with Gasteiger partial charge in [0.1, 0.15) is 5.82 Å². The maximum atomic E-state index is 13.2. The van der Waals surface area contributed by atoms with Crippen LogP contribution in [0.1, 0.15) is 24.8 Å². The highest BCUT2D eigenvalue weighted by Gasteiger charge is 2.31. The van der Waals surface area contributed by atoms with Gasteiger partial charge in [0.15, 0.2) is 0 Å². The second kappa shape index (κ2) is 8.29. The molecule has 3 heterocycles. The number of H-pyrrole nitrogens is 1. The maximum absolute atomic E-state index is 13.2. The second-order valence-electron chi connectivity index (χ2n) is 7.34. The number of nitrogens with one attached hydrogen (secondary N) is 2. The number of halogens is 1. The molecule has 2 atom stereocenters. The van der Waals surface area contributed by atoms with Crippen LogP contribution in [0.15, 0.2) is 30.5 Å². The Balaban J connectivity index is 1.39. The average molecular weight is 358 g/mol. The molecule has 1 aromatic carbocycles. The molecule has 2 aromatic rings. The summed E-state index contributed by atoms with van der Waals surface area (Å²) in [5.41, 5.74) is 3.03. The number of hydrogen-bond acceptors (Lipinski definition) is 4. The van der Waals surface area contributed by atoms with Crippen LogP contribution in [0.3, 0.4) is 0 Å². The van der Waals surface area contributed by atoms with Crippen molar-refractivity contribution in [3.05, 3.63) is 41.8 Å². The highest BCUT2D eigenvalue weighted by atomic mass is 19.1. The first-order chi connectivity index (χ1) is 12.8. The third kappa shape index (κ3) is 3.98. The molecule has 0 amide bonds. The molecule has 0 bridgehead atoms. The first kappa shape index (κ1) is 17.6. The van der Waals surface area contributed by atoms with E-state index in [9.17, 15) is 4.39 Å². The van der Waals surface area contributed by atoms with E-state index >= 15 is 0 Å². The van der Waals surface area contributed by atoms with Crippen molar-refractivity contribution >= 4 is 0 Å². The van der Waals surface area contributed by atoms with Gasteiger partial charge in [0.05, 0.1) is 18.5 Å². The molecular weight excluding hydrogens is 331 g/mol. The summed E-state index contributed by atoms with van der Waals surface area (Å²) in [5.74, 6) is 0.404. The van der Waals surface area contributed by atoms with Gasteiger partial charge < -0.3 is 10.1 Å². The highest BCUT2D eigenvalue weighted by Crippen LogP contribution is 2.25. The fourth-order valence-electron chi connectivity index (χ4n) is 4.19. The van der Waals surface area contributed by atoms with Gasteiger partial charge in [-0.25, -0.2) is 4.39 Å². The molecule has 0 spiro atoms. The topological polar surface area (TPSA) is 53.2 Å². The highest BCUT2D eigenvalue weighted by molar-refractivity contribution is 5.62. The Morgan fingerprint density at radius 2 is 2.08 bits per heavy atom. The zero-order valence-electron chi connectivity index (χ0n) is 15.1. The molecule has 26 heavy (non-hydrogen) atoms. The largest absolute Gasteiger partial charge is 0.381 e. The Hall–Kier alpha value is -1.76. The van der Waals surface area contributed by atoms with Crippen molar-refractivity contribution in [1.82, 2.24) is 20.4 Å². The Morgan fingerprint density at radius 1 is 1.27 bits per heavy atom. The molecule has 2 N–H and O–H groups in total. The number of hydrogen-bond donors (Lipinski definition) is 2. The molecule has 2 aliphatic heterocycles. The van der Waals surface area contributed by atoms with Gasteiger partial charge in [0.25, 0.3) is 0 Å². The molecule has 2 fully saturated rings. The van der Waals surface area contributed by atoms with E-state index in [0.29, 0.717) is 12.0 Å². The summed E-state index contributed by atoms with van der Waals surface area (Å²) >= 11 is 0. The monoisotopic (exact) mass is 358 g/mol. The van der Waals surface area contributed by atoms with Crippen molar-refractivity contribution in [1.29, 1.82) is 0 Å². The van der Waals surface area contributed by atoms with Crippen LogP contribution in [-0.2, 0) is 11.3 Å². The van der Waals surface area contributed by atoms with E-state index in [1.54, 1.807) is 12.1 Å². The van der Waals surface area contributed by atoms with Gasteiger partial charge in [0.2, 0.25) is 0 Å². The van der Waals surface area contributed by atoms with Gasteiger partial charge >= 0.3 is 0 Å². The first-order valence-corrected chi connectivity index (χ1v) is 9.62. The number of ether oxygens (including phenoxy) is 1. The molecule has 0 aliphatic carbocycles. The molecule has 6 heteroatoms. The number of benzene rings is 1. The van der Waals surface area contributed by atoms with Crippen LogP contribution in [0.5, 0.6) is 0 Å². The zero-order chi connectivity index (χ0) is 17.8. The van der Waals surface area contributed by atoms with Crippen molar-refractivity contribution in [3.8, 4) is 11.3 Å². The number of aromatic amines is 1. The van der Waals surface area contributed by atoms with Gasteiger partial charge in [0, 0.05) is 42.8 Å². The lowest BCUT2D eigenvalue weighted by Gasteiger charge is -2.32. The molecule has 5 nitrogen and oxygen atoms in total. The van der Waals surface area contributed by atoms with E-state index < -0.39 is 0 Å². The lowest BCUT2D eigenvalue weighted by molar-refractivity contribution is 0.134. The standard InChI is InChI=1S/C20H27FN4O/c21-18-5-3-15(4-6-18)20-17(12-23-24-20)11-22-13-19(16-7-10-26-14-16)25-8-1-2-9-25/h3-6,12,16,19,22H,1-2,7-11,13-14H2,(H,23,24)/t16-,19+/m0/s1. The predicted molar refractivity (Wildman–Crippen MR) is 99.2 cm³/mol. The zero-order valence-corrected chi connectivity index (χ0v) is 15.1. The van der Waals surface area contributed by atoms with Gasteiger partial charge in [-0.1, -0.05) is 0 Å². The summed E-state index contributed by atoms with van der Waals surface area (Å²) in [6, 6.07) is 7.08. The van der Waals surface area contributed by atoms with Crippen molar-refractivity contribution in [2.45, 2.75) is 31.8 Å². The quantitative estimate of drug-likeness (QED) is 0.799. The lowest BCUT2D eigenvalue weighted by Crippen LogP contribution is -2.45. The van der Waals surface area contributed by atoms with E-state index in [0.717, 1.165) is 49.5 Å². The van der Waals surface area contributed by atoms with Gasteiger partial charge in [-0.15, -0.1) is 0 Å². The van der Waals surface area contributed by atoms with Crippen LogP contribution in [0.4, 0.5) is 4.39 Å². The van der Waals surface area contributed by atoms with Crippen LogP contribution in [0.25, 0.3) is 11.3 Å². The van der Waals surface area contributed by atoms with Gasteiger partial charge in [-0.2, -0.15) is 5.10 Å². The number of nitrogens with zero attached hydrogens (tertiary/aromatic N) is 2. The third-order valence-corrected chi connectivity index (χ3v) is 5.64. The molecule has 1 aromatic heterocycles. The van der Waals surface area contributed by atoms with Crippen LogP contribution in [0.2, 0.25) is 0 Å². The van der Waals surface area contributed by atoms with Crippen molar-refractivity contribution in [2.24, 2.45) is 5.92 Å². The second-order valence-corrected chi connectivity index (χ2v) is 7.34. The van der Waals surface area contributed by atoms with E-state index in [2.05, 4.69) is 20.4 Å². The molecule has 140 valence electrons. The van der Waals surface area contributed by atoms with Crippen molar-refractivity contribution in [3.63, 3.8) is 0 Å². The Bertz CT molecular complexity index is 674. The number of rotatable bonds is 7. The summed E-state index contributed by atoms with van der Waals surface area (Å²) in [5, 5.41) is 10.9. The summed E-state index contributed by atoms with van der Waals surface area (Å²) in [6.45, 7) is 5.90. The molecular formula is C20H27FN4O. The Morgan fingerprint density at radius 3 is 2.81 bits per heavy atom. The minimum Gasteiger partial charge on any atom is -0.381 e. The Kier molecular flexibility index (Phi) is 5.62. The summed E-state index contributed by atoms with van der Waals surface area (Å²) in [6.07, 6.45) is 5.63. The van der Waals surface area contributed by atoms with Crippen molar-refractivity contribution in [2.75, 3.05) is 32.8 Å². The van der Waals surface area contributed by atoms with Gasteiger partial charge in [-0.3, -0.25) is 10.00 Å². The minimum atomic E-state index is -0.222. The molecule has 2 aliphatic rings.